The summed E-state index contributed by atoms with van der Waals surface area (Å²) in [4.78, 5) is 0. The standard InChI is InChI=1S/C32H46Si2/c1-30(2,3)24-17-18-25-23(19-24)20-26-28(25)27(33(7,8)9)21-32(31(4,5)6,34(10,11)12)29(26)22-15-13-14-16-22/h13-15,17-21H,16H2,1-12H3. The SMILES string of the molecule is CC(C)(C)c1ccc2c(c1)=CC1=C(C3=CC=CC3)C(C(C)(C)C)([Si](C)(C)C)C=C([Si](C)(C)C)C=21. The molecule has 0 radical (unpaired) electrons. The Morgan fingerprint density at radius 1 is 0.882 bits per heavy atom. The first-order valence-corrected chi connectivity index (χ1v) is 20.1. The minimum Gasteiger partial charge on any atom is -0.0801 e. The van der Waals surface area contributed by atoms with Crippen LogP contribution in [0.2, 0.25) is 44.3 Å². The molecule has 182 valence electrons. The molecule has 1 aromatic carbocycles. The fraction of sp³-hybridized carbons (Fsp3) is 0.500. The van der Waals surface area contributed by atoms with Gasteiger partial charge in [-0.2, -0.15) is 0 Å². The van der Waals surface area contributed by atoms with Gasteiger partial charge in [0, 0.05) is 5.04 Å². The number of allylic oxidation sites excluding steroid dienone is 8. The van der Waals surface area contributed by atoms with Crippen molar-refractivity contribution in [2.45, 2.75) is 97.7 Å². The van der Waals surface area contributed by atoms with Gasteiger partial charge >= 0.3 is 0 Å². The molecule has 0 N–H and O–H groups in total. The van der Waals surface area contributed by atoms with E-state index in [-0.39, 0.29) is 15.9 Å². The molecule has 4 rings (SSSR count). The maximum absolute atomic E-state index is 2.83. The smallest absolute Gasteiger partial charge is 0.0780 e. The summed E-state index contributed by atoms with van der Waals surface area (Å²) in [6, 6.07) is 7.28. The van der Waals surface area contributed by atoms with Crippen molar-refractivity contribution >= 4 is 27.8 Å². The Labute approximate surface area is 211 Å². The van der Waals surface area contributed by atoms with Crippen LogP contribution in [0.15, 0.2) is 64.4 Å². The fourth-order valence-corrected chi connectivity index (χ4v) is 12.5. The van der Waals surface area contributed by atoms with Gasteiger partial charge in [-0.25, -0.2) is 0 Å². The minimum absolute atomic E-state index is 0.0811. The first-order chi connectivity index (χ1) is 15.4. The average Bonchev–Trinajstić information content (AvgIpc) is 3.30. The molecule has 0 nitrogen and oxygen atoms in total. The Morgan fingerprint density at radius 2 is 1.53 bits per heavy atom. The van der Waals surface area contributed by atoms with Crippen molar-refractivity contribution in [2.24, 2.45) is 5.41 Å². The lowest BCUT2D eigenvalue weighted by Crippen LogP contribution is -2.51. The zero-order valence-electron chi connectivity index (χ0n) is 23.8. The molecular weight excluding hydrogens is 441 g/mol. The lowest BCUT2D eigenvalue weighted by molar-refractivity contribution is 0.334. The van der Waals surface area contributed by atoms with E-state index in [1.165, 1.54) is 27.1 Å². The second-order valence-corrected chi connectivity index (χ2v) is 25.1. The zero-order valence-corrected chi connectivity index (χ0v) is 25.8. The quantitative estimate of drug-likeness (QED) is 0.379. The van der Waals surface area contributed by atoms with E-state index in [0.29, 0.717) is 0 Å². The molecule has 0 aromatic heterocycles. The van der Waals surface area contributed by atoms with Gasteiger partial charge in [0.15, 0.2) is 0 Å². The summed E-state index contributed by atoms with van der Waals surface area (Å²) in [7, 11) is -3.33. The summed E-state index contributed by atoms with van der Waals surface area (Å²) >= 11 is 0. The Balaban J connectivity index is 2.23. The largest absolute Gasteiger partial charge is 0.0801 e. The zero-order chi connectivity index (χ0) is 25.5. The number of fused-ring (bicyclic) bond motifs is 2. The van der Waals surface area contributed by atoms with Crippen LogP contribution < -0.4 is 10.4 Å². The van der Waals surface area contributed by atoms with E-state index in [4.69, 9.17) is 0 Å². The van der Waals surface area contributed by atoms with Crippen molar-refractivity contribution < 1.29 is 0 Å². The molecule has 0 spiro atoms. The van der Waals surface area contributed by atoms with Crippen molar-refractivity contribution in [3.8, 4) is 0 Å². The van der Waals surface area contributed by atoms with Crippen molar-refractivity contribution in [1.29, 1.82) is 0 Å². The molecular formula is C32H46Si2. The molecule has 0 heterocycles. The highest BCUT2D eigenvalue weighted by Crippen LogP contribution is 2.66. The van der Waals surface area contributed by atoms with E-state index in [0.717, 1.165) is 6.42 Å². The highest BCUT2D eigenvalue weighted by atomic mass is 28.3. The summed E-state index contributed by atoms with van der Waals surface area (Å²) < 4.78 is 0. The normalized spacial score (nSPS) is 23.0. The van der Waals surface area contributed by atoms with Gasteiger partial charge in [0.1, 0.15) is 0 Å². The Morgan fingerprint density at radius 3 is 2.00 bits per heavy atom. The van der Waals surface area contributed by atoms with Crippen LogP contribution in [0.3, 0.4) is 0 Å². The second kappa shape index (κ2) is 7.67. The van der Waals surface area contributed by atoms with Crippen molar-refractivity contribution in [3.63, 3.8) is 0 Å². The summed E-state index contributed by atoms with van der Waals surface area (Å²) in [5, 5.41) is 4.64. The number of hydrogen-bond acceptors (Lipinski definition) is 0. The van der Waals surface area contributed by atoms with E-state index in [1.54, 1.807) is 16.3 Å². The third-order valence-corrected chi connectivity index (χ3v) is 13.8. The van der Waals surface area contributed by atoms with Gasteiger partial charge in [-0.15, -0.1) is 0 Å². The van der Waals surface area contributed by atoms with E-state index in [2.05, 4.69) is 129 Å². The third kappa shape index (κ3) is 3.76. The molecule has 0 saturated heterocycles. The molecule has 0 amide bonds. The first-order valence-electron chi connectivity index (χ1n) is 13.1. The summed E-state index contributed by atoms with van der Waals surface area (Å²) in [6.45, 7) is 29.9. The Hall–Kier alpha value is -1.65. The highest BCUT2D eigenvalue weighted by molar-refractivity contribution is 6.86. The molecule has 0 saturated carbocycles. The monoisotopic (exact) mass is 486 g/mol. The summed E-state index contributed by atoms with van der Waals surface area (Å²) in [5.74, 6) is 0. The highest BCUT2D eigenvalue weighted by Gasteiger charge is 2.56. The van der Waals surface area contributed by atoms with Gasteiger partial charge in [-0.05, 0) is 61.6 Å². The van der Waals surface area contributed by atoms with Crippen molar-refractivity contribution in [2.75, 3.05) is 0 Å². The number of rotatable bonds is 3. The predicted octanol–water partition coefficient (Wildman–Crippen LogP) is 8.05. The van der Waals surface area contributed by atoms with Gasteiger partial charge in [-0.3, -0.25) is 0 Å². The van der Waals surface area contributed by atoms with Gasteiger partial charge in [0.05, 0.1) is 16.1 Å². The molecule has 1 unspecified atom stereocenters. The van der Waals surface area contributed by atoms with Crippen LogP contribution >= 0.6 is 0 Å². The Bertz CT molecular complexity index is 1270. The van der Waals surface area contributed by atoms with Gasteiger partial charge in [0.25, 0.3) is 0 Å². The van der Waals surface area contributed by atoms with Crippen molar-refractivity contribution in [1.82, 2.24) is 0 Å². The average molecular weight is 487 g/mol. The van der Waals surface area contributed by atoms with Crippen LogP contribution in [-0.4, -0.2) is 16.1 Å². The van der Waals surface area contributed by atoms with E-state index >= 15 is 0 Å². The van der Waals surface area contributed by atoms with Gasteiger partial charge in [-0.1, -0.05) is 129 Å². The molecule has 34 heavy (non-hydrogen) atoms. The summed E-state index contributed by atoms with van der Waals surface area (Å²) in [6.07, 6.45) is 13.5. The maximum atomic E-state index is 2.83. The fourth-order valence-electron chi connectivity index (χ4n) is 6.77. The van der Waals surface area contributed by atoms with Gasteiger partial charge < -0.3 is 0 Å². The lowest BCUT2D eigenvalue weighted by Gasteiger charge is -2.56. The molecule has 3 aliphatic rings. The Kier molecular flexibility index (Phi) is 5.74. The molecule has 1 atom stereocenters. The topological polar surface area (TPSA) is 0 Å². The second-order valence-electron chi connectivity index (χ2n) is 14.8. The van der Waals surface area contributed by atoms with Crippen LogP contribution in [0.4, 0.5) is 0 Å². The van der Waals surface area contributed by atoms with E-state index < -0.39 is 16.1 Å². The van der Waals surface area contributed by atoms with E-state index in [9.17, 15) is 0 Å². The molecule has 1 aromatic rings. The molecule has 0 fully saturated rings. The maximum Gasteiger partial charge on any atom is 0.0780 e. The predicted molar refractivity (Wildman–Crippen MR) is 158 cm³/mol. The third-order valence-electron chi connectivity index (χ3n) is 8.32. The number of hydrogen-bond donors (Lipinski definition) is 0. The summed E-state index contributed by atoms with van der Waals surface area (Å²) in [5.41, 5.74) is 7.98. The van der Waals surface area contributed by atoms with E-state index in [1.807, 2.05) is 0 Å². The van der Waals surface area contributed by atoms with Crippen LogP contribution in [0.1, 0.15) is 53.5 Å². The van der Waals surface area contributed by atoms with Crippen LogP contribution in [-0.2, 0) is 5.41 Å². The molecule has 3 aliphatic carbocycles. The van der Waals surface area contributed by atoms with Crippen LogP contribution in [0.25, 0.3) is 11.6 Å². The lowest BCUT2D eigenvalue weighted by atomic mass is 9.68. The van der Waals surface area contributed by atoms with Gasteiger partial charge in [0.2, 0.25) is 0 Å². The first kappa shape index (κ1) is 25.4. The van der Waals surface area contributed by atoms with Crippen LogP contribution in [0, 0.1) is 5.41 Å². The van der Waals surface area contributed by atoms with Crippen molar-refractivity contribution in [3.05, 3.63) is 80.4 Å². The van der Waals surface area contributed by atoms with Crippen LogP contribution in [0.5, 0.6) is 0 Å². The molecule has 0 aliphatic heterocycles. The number of benzene rings is 1. The minimum atomic E-state index is -1.71. The molecule has 0 bridgehead atoms. The molecule has 2 heteroatoms.